The van der Waals surface area contributed by atoms with Crippen LogP contribution < -0.4 is 10.2 Å². The van der Waals surface area contributed by atoms with Crippen molar-refractivity contribution in [1.29, 1.82) is 0 Å². The van der Waals surface area contributed by atoms with Crippen molar-refractivity contribution in [3.63, 3.8) is 0 Å². The Kier molecular flexibility index (Phi) is 5.48. The number of piperazine rings is 1. The molecule has 5 rings (SSSR count). The maximum absolute atomic E-state index is 12.0. The molecule has 5 nitrogen and oxygen atoms in total. The lowest BCUT2D eigenvalue weighted by Crippen LogP contribution is -2.44. The molecule has 2 aliphatic heterocycles. The summed E-state index contributed by atoms with van der Waals surface area (Å²) in [5, 5.41) is 3.72. The molecule has 0 spiro atoms. The van der Waals surface area contributed by atoms with Gasteiger partial charge in [0.2, 0.25) is 0 Å². The lowest BCUT2D eigenvalue weighted by molar-refractivity contribution is -0.115. The molecule has 0 radical (unpaired) electrons. The zero-order valence-electron chi connectivity index (χ0n) is 17.2. The molecule has 156 valence electrons. The van der Waals surface area contributed by atoms with Crippen LogP contribution in [0.1, 0.15) is 5.69 Å². The van der Waals surface area contributed by atoms with E-state index in [0.717, 1.165) is 53.9 Å². The Morgan fingerprint density at radius 3 is 2.52 bits per heavy atom. The number of hydrogen-bond donors (Lipinski definition) is 1. The van der Waals surface area contributed by atoms with E-state index in [9.17, 15) is 4.79 Å². The van der Waals surface area contributed by atoms with E-state index in [2.05, 4.69) is 64.6 Å². The van der Waals surface area contributed by atoms with Crippen molar-refractivity contribution in [2.75, 3.05) is 38.1 Å². The van der Waals surface area contributed by atoms with E-state index in [1.165, 1.54) is 17.4 Å². The van der Waals surface area contributed by atoms with Crippen molar-refractivity contribution in [3.8, 4) is 11.1 Å². The van der Waals surface area contributed by atoms with Gasteiger partial charge >= 0.3 is 0 Å². The van der Waals surface area contributed by atoms with Crippen molar-refractivity contribution in [2.24, 2.45) is 0 Å². The van der Waals surface area contributed by atoms with E-state index in [1.54, 1.807) is 6.08 Å². The third-order valence-corrected chi connectivity index (χ3v) is 6.87. The topological polar surface area (TPSA) is 48.5 Å². The molecule has 2 aliphatic rings. The molecular formula is C24H22N4OS2. The monoisotopic (exact) mass is 446 g/mol. The number of carbonyl (C=O) groups excluding carboxylic acids is 1. The highest BCUT2D eigenvalue weighted by Crippen LogP contribution is 2.31. The summed E-state index contributed by atoms with van der Waals surface area (Å²) in [4.78, 5) is 22.2. The van der Waals surface area contributed by atoms with Gasteiger partial charge in [0.15, 0.2) is 0 Å². The highest BCUT2D eigenvalue weighted by atomic mass is 32.2. The first kappa shape index (κ1) is 20.2. The summed E-state index contributed by atoms with van der Waals surface area (Å²) >= 11 is 6.35. The van der Waals surface area contributed by atoms with Crippen LogP contribution in [0.3, 0.4) is 0 Å². The van der Waals surface area contributed by atoms with Crippen LogP contribution in [0.4, 0.5) is 5.69 Å². The van der Waals surface area contributed by atoms with Crippen LogP contribution in [0.5, 0.6) is 0 Å². The van der Waals surface area contributed by atoms with Crippen molar-refractivity contribution in [3.05, 3.63) is 65.2 Å². The van der Waals surface area contributed by atoms with Gasteiger partial charge in [-0.2, -0.15) is 0 Å². The van der Waals surface area contributed by atoms with Gasteiger partial charge in [-0.25, -0.2) is 4.98 Å². The summed E-state index contributed by atoms with van der Waals surface area (Å²) in [6.45, 7) is 4.29. The quantitative estimate of drug-likeness (QED) is 0.482. The lowest BCUT2D eigenvalue weighted by atomic mass is 10.0. The molecule has 31 heavy (non-hydrogen) atoms. The zero-order valence-corrected chi connectivity index (χ0v) is 18.8. The molecular weight excluding hydrogens is 424 g/mol. The van der Waals surface area contributed by atoms with Gasteiger partial charge in [0, 0.05) is 42.8 Å². The number of nitrogens with one attached hydrogen (secondary N) is 1. The fourth-order valence-electron chi connectivity index (χ4n) is 3.95. The number of thioether (sulfide) groups is 1. The van der Waals surface area contributed by atoms with E-state index in [1.807, 2.05) is 12.1 Å². The second-order valence-corrected chi connectivity index (χ2v) is 9.52. The van der Waals surface area contributed by atoms with Crippen LogP contribution in [-0.2, 0) is 4.79 Å². The minimum atomic E-state index is -0.162. The van der Waals surface area contributed by atoms with Gasteiger partial charge in [-0.3, -0.25) is 4.79 Å². The number of likely N-dealkylation sites (N-methyl/N-ethyl adjacent to an activating group) is 1. The summed E-state index contributed by atoms with van der Waals surface area (Å²) in [6.07, 6.45) is 1.80. The van der Waals surface area contributed by atoms with Crippen LogP contribution in [0.25, 0.3) is 28.1 Å². The molecule has 0 unspecified atom stereocenters. The molecule has 1 aromatic heterocycles. The Morgan fingerprint density at radius 2 is 1.81 bits per heavy atom. The van der Waals surface area contributed by atoms with Gasteiger partial charge in [0.05, 0.1) is 16.1 Å². The van der Waals surface area contributed by atoms with Crippen LogP contribution in [-0.4, -0.2) is 53.3 Å². The first-order chi connectivity index (χ1) is 15.1. The maximum atomic E-state index is 12.0. The predicted octanol–water partition coefficient (Wildman–Crippen LogP) is 4.14. The minimum absolute atomic E-state index is 0.162. The molecule has 3 aromatic rings. The summed E-state index contributed by atoms with van der Waals surface area (Å²) in [5.74, 6) is -0.162. The summed E-state index contributed by atoms with van der Waals surface area (Å²) in [6, 6.07) is 19.0. The molecule has 1 amide bonds. The predicted molar refractivity (Wildman–Crippen MR) is 133 cm³/mol. The molecule has 2 fully saturated rings. The number of pyridine rings is 1. The number of aromatic nitrogens is 1. The molecule has 7 heteroatoms. The van der Waals surface area contributed by atoms with Crippen molar-refractivity contribution in [1.82, 2.24) is 15.2 Å². The zero-order chi connectivity index (χ0) is 21.4. The number of anilines is 1. The van der Waals surface area contributed by atoms with Gasteiger partial charge < -0.3 is 15.1 Å². The first-order valence-corrected chi connectivity index (χ1v) is 11.5. The van der Waals surface area contributed by atoms with Crippen molar-refractivity contribution >= 4 is 56.9 Å². The van der Waals surface area contributed by atoms with Crippen LogP contribution in [0.2, 0.25) is 0 Å². The molecule has 2 saturated heterocycles. The molecule has 1 N–H and O–H groups in total. The molecule has 0 atom stereocenters. The number of rotatable bonds is 3. The number of fused-ring (bicyclic) bond motifs is 1. The molecule has 0 saturated carbocycles. The maximum Gasteiger partial charge on any atom is 0.263 e. The highest BCUT2D eigenvalue weighted by Gasteiger charge is 2.22. The van der Waals surface area contributed by atoms with E-state index in [-0.39, 0.29) is 5.91 Å². The average molecular weight is 447 g/mol. The number of thiocarbonyl (C=S) groups is 1. The Hall–Kier alpha value is -2.74. The third kappa shape index (κ3) is 4.21. The fourth-order valence-corrected chi connectivity index (χ4v) is 4.98. The van der Waals surface area contributed by atoms with Gasteiger partial charge in [-0.1, -0.05) is 60.4 Å². The molecule has 0 aliphatic carbocycles. The first-order valence-electron chi connectivity index (χ1n) is 10.3. The van der Waals surface area contributed by atoms with Crippen LogP contribution >= 0.6 is 24.0 Å². The van der Waals surface area contributed by atoms with E-state index < -0.39 is 0 Å². The van der Waals surface area contributed by atoms with Crippen molar-refractivity contribution < 1.29 is 4.79 Å². The summed E-state index contributed by atoms with van der Waals surface area (Å²) < 4.78 is 0.484. The van der Waals surface area contributed by atoms with Gasteiger partial charge in [0.25, 0.3) is 5.91 Å². The number of benzene rings is 2. The standard InChI is InChI=1S/C24H22N4OS2/c1-27-11-13-28(14-12-27)19-9-6-16(7-10-19)20-4-2-3-17-5-8-18(25-22(17)20)15-21-23(29)26-24(30)31-21/h2-10,15H,11-14H2,1H3,(H,26,29,30). The van der Waals surface area contributed by atoms with E-state index in [4.69, 9.17) is 17.2 Å². The number of hydrogen-bond acceptors (Lipinski definition) is 6. The normalized spacial score (nSPS) is 18.7. The third-order valence-electron chi connectivity index (χ3n) is 5.71. The molecule has 2 aromatic carbocycles. The van der Waals surface area contributed by atoms with Gasteiger partial charge in [-0.05, 0) is 36.9 Å². The Bertz CT molecular complexity index is 1200. The van der Waals surface area contributed by atoms with Gasteiger partial charge in [0.1, 0.15) is 4.32 Å². The largest absolute Gasteiger partial charge is 0.369 e. The lowest BCUT2D eigenvalue weighted by Gasteiger charge is -2.34. The fraction of sp³-hybridized carbons (Fsp3) is 0.208. The smallest absolute Gasteiger partial charge is 0.263 e. The average Bonchev–Trinajstić information content (AvgIpc) is 3.10. The number of carbonyl (C=O) groups is 1. The Labute approximate surface area is 191 Å². The Morgan fingerprint density at radius 1 is 1.03 bits per heavy atom. The summed E-state index contributed by atoms with van der Waals surface area (Å²) in [7, 11) is 2.17. The Balaban J connectivity index is 1.47. The van der Waals surface area contributed by atoms with Gasteiger partial charge in [-0.15, -0.1) is 0 Å². The molecule has 3 heterocycles. The van der Waals surface area contributed by atoms with E-state index >= 15 is 0 Å². The number of para-hydroxylation sites is 1. The van der Waals surface area contributed by atoms with Crippen molar-refractivity contribution in [2.45, 2.75) is 0 Å². The second-order valence-electron chi connectivity index (χ2n) is 7.80. The molecule has 0 bridgehead atoms. The number of nitrogens with zero attached hydrogens (tertiary/aromatic N) is 3. The highest BCUT2D eigenvalue weighted by molar-refractivity contribution is 8.26. The number of amides is 1. The van der Waals surface area contributed by atoms with E-state index in [0.29, 0.717) is 9.23 Å². The van der Waals surface area contributed by atoms with Crippen LogP contribution in [0.15, 0.2) is 59.5 Å². The SMILES string of the molecule is CN1CCN(c2ccc(-c3cccc4ccc(C=C5SC(=S)NC5=O)nc34)cc2)CC1. The van der Waals surface area contributed by atoms with Crippen LogP contribution in [0, 0.1) is 0 Å². The minimum Gasteiger partial charge on any atom is -0.369 e. The second kappa shape index (κ2) is 8.42. The summed E-state index contributed by atoms with van der Waals surface area (Å²) in [5.41, 5.74) is 5.15.